The van der Waals surface area contributed by atoms with Gasteiger partial charge < -0.3 is 25.2 Å². The number of aryl methyl sites for hydroxylation is 1. The number of carbonyl (C=O) groups is 1. The van der Waals surface area contributed by atoms with Crippen molar-refractivity contribution in [1.29, 1.82) is 0 Å². The van der Waals surface area contributed by atoms with E-state index in [-0.39, 0.29) is 12.5 Å². The highest BCUT2D eigenvalue weighted by Gasteiger charge is 2.40. The third-order valence-corrected chi connectivity index (χ3v) is 4.97. The minimum Gasteiger partial charge on any atom is -0.493 e. The summed E-state index contributed by atoms with van der Waals surface area (Å²) < 4.78 is 10.9. The van der Waals surface area contributed by atoms with Crippen LogP contribution < -0.4 is 15.2 Å². The van der Waals surface area contributed by atoms with E-state index in [0.29, 0.717) is 43.2 Å². The monoisotopic (exact) mass is 370 g/mol. The van der Waals surface area contributed by atoms with E-state index in [0.717, 1.165) is 11.1 Å². The van der Waals surface area contributed by atoms with Gasteiger partial charge in [0, 0.05) is 18.7 Å². The standard InChI is InChI=1S/C21H26N2O4/c1-15-5-3-4-6-17(15)21(25)9-11-23(14-21)20(24)16-7-8-18(27-12-10-22)19(13-16)26-2/h3-8,13,25H,9-12,14,22H2,1-2H3/t21-/m0/s1. The predicted octanol–water partition coefficient (Wildman–Crippen LogP) is 2.07. The Balaban J connectivity index is 1.78. The molecule has 6 heteroatoms. The highest BCUT2D eigenvalue weighted by Crippen LogP contribution is 2.35. The van der Waals surface area contributed by atoms with Crippen LogP contribution in [0.5, 0.6) is 11.5 Å². The van der Waals surface area contributed by atoms with Crippen LogP contribution in [0.2, 0.25) is 0 Å². The Labute approximate surface area is 159 Å². The van der Waals surface area contributed by atoms with E-state index in [9.17, 15) is 9.90 Å². The Morgan fingerprint density at radius 3 is 2.74 bits per heavy atom. The first-order chi connectivity index (χ1) is 13.0. The lowest BCUT2D eigenvalue weighted by atomic mass is 9.89. The fraction of sp³-hybridized carbons (Fsp3) is 0.381. The van der Waals surface area contributed by atoms with Crippen molar-refractivity contribution in [1.82, 2.24) is 4.90 Å². The molecule has 1 saturated heterocycles. The summed E-state index contributed by atoms with van der Waals surface area (Å²) in [5, 5.41) is 11.1. The van der Waals surface area contributed by atoms with Crippen LogP contribution in [0.4, 0.5) is 0 Å². The second-order valence-electron chi connectivity index (χ2n) is 6.83. The highest BCUT2D eigenvalue weighted by atomic mass is 16.5. The molecule has 0 bridgehead atoms. The fourth-order valence-electron chi connectivity index (χ4n) is 3.55. The van der Waals surface area contributed by atoms with Crippen LogP contribution in [-0.4, -0.2) is 49.3 Å². The maximum absolute atomic E-state index is 12.9. The first-order valence-corrected chi connectivity index (χ1v) is 9.07. The maximum Gasteiger partial charge on any atom is 0.254 e. The molecular weight excluding hydrogens is 344 g/mol. The molecule has 3 rings (SSSR count). The number of rotatable bonds is 6. The van der Waals surface area contributed by atoms with Gasteiger partial charge in [-0.25, -0.2) is 0 Å². The summed E-state index contributed by atoms with van der Waals surface area (Å²) in [7, 11) is 1.53. The smallest absolute Gasteiger partial charge is 0.254 e. The fourth-order valence-corrected chi connectivity index (χ4v) is 3.55. The quantitative estimate of drug-likeness (QED) is 0.813. The molecule has 27 heavy (non-hydrogen) atoms. The lowest BCUT2D eigenvalue weighted by Crippen LogP contribution is -2.34. The van der Waals surface area contributed by atoms with Crippen molar-refractivity contribution in [2.45, 2.75) is 18.9 Å². The van der Waals surface area contributed by atoms with Crippen LogP contribution in [-0.2, 0) is 5.60 Å². The van der Waals surface area contributed by atoms with Crippen LogP contribution in [0.1, 0.15) is 27.9 Å². The van der Waals surface area contributed by atoms with Crippen molar-refractivity contribution in [3.05, 3.63) is 59.2 Å². The molecule has 0 saturated carbocycles. The van der Waals surface area contributed by atoms with Crippen molar-refractivity contribution < 1.29 is 19.4 Å². The largest absolute Gasteiger partial charge is 0.493 e. The minimum atomic E-state index is -1.02. The molecule has 0 aliphatic carbocycles. The number of likely N-dealkylation sites (tertiary alicyclic amines) is 1. The summed E-state index contributed by atoms with van der Waals surface area (Å²) in [6.45, 7) is 3.51. The minimum absolute atomic E-state index is 0.136. The second-order valence-corrected chi connectivity index (χ2v) is 6.83. The summed E-state index contributed by atoms with van der Waals surface area (Å²) in [5.74, 6) is 0.906. The molecule has 0 unspecified atom stereocenters. The molecule has 6 nitrogen and oxygen atoms in total. The molecule has 0 spiro atoms. The van der Waals surface area contributed by atoms with Crippen molar-refractivity contribution in [3.63, 3.8) is 0 Å². The summed E-state index contributed by atoms with van der Waals surface area (Å²) in [6.07, 6.45) is 0.512. The second kappa shape index (κ2) is 7.98. The number of β-amino-alcohol motifs (C(OH)–C–C–N with tert-alkyl or cyclic N) is 1. The van der Waals surface area contributed by atoms with Crippen molar-refractivity contribution >= 4 is 5.91 Å². The Morgan fingerprint density at radius 1 is 1.26 bits per heavy atom. The molecule has 1 amide bonds. The third-order valence-electron chi connectivity index (χ3n) is 4.97. The zero-order valence-electron chi connectivity index (χ0n) is 15.8. The van der Waals surface area contributed by atoms with E-state index < -0.39 is 5.60 Å². The molecule has 1 heterocycles. The van der Waals surface area contributed by atoms with Gasteiger partial charge in [-0.3, -0.25) is 4.79 Å². The predicted molar refractivity (Wildman–Crippen MR) is 103 cm³/mol. The number of hydrogen-bond acceptors (Lipinski definition) is 5. The molecule has 1 atom stereocenters. The van der Waals surface area contributed by atoms with E-state index in [1.165, 1.54) is 7.11 Å². The van der Waals surface area contributed by atoms with Crippen molar-refractivity contribution in [2.24, 2.45) is 5.73 Å². The molecule has 2 aromatic carbocycles. The van der Waals surface area contributed by atoms with Crippen molar-refractivity contribution in [2.75, 3.05) is 33.4 Å². The van der Waals surface area contributed by atoms with Gasteiger partial charge in [-0.15, -0.1) is 0 Å². The molecule has 144 valence electrons. The Morgan fingerprint density at radius 2 is 2.04 bits per heavy atom. The summed E-state index contributed by atoms with van der Waals surface area (Å²) in [6, 6.07) is 12.8. The van der Waals surface area contributed by atoms with E-state index in [4.69, 9.17) is 15.2 Å². The topological polar surface area (TPSA) is 85.0 Å². The Bertz CT molecular complexity index is 824. The number of hydrogen-bond donors (Lipinski definition) is 2. The van der Waals surface area contributed by atoms with Crippen LogP contribution in [0.25, 0.3) is 0 Å². The molecule has 1 aliphatic rings. The van der Waals surface area contributed by atoms with E-state index in [1.54, 1.807) is 23.1 Å². The van der Waals surface area contributed by atoms with Gasteiger partial charge in [-0.2, -0.15) is 0 Å². The average molecular weight is 370 g/mol. The summed E-state index contributed by atoms with van der Waals surface area (Å²) >= 11 is 0. The van der Waals surface area contributed by atoms with E-state index >= 15 is 0 Å². The zero-order chi connectivity index (χ0) is 19.4. The number of benzene rings is 2. The average Bonchev–Trinajstić information content (AvgIpc) is 3.09. The molecular formula is C21H26N2O4. The maximum atomic E-state index is 12.9. The molecule has 1 fully saturated rings. The van der Waals surface area contributed by atoms with Crippen molar-refractivity contribution in [3.8, 4) is 11.5 Å². The lowest BCUT2D eigenvalue weighted by molar-refractivity contribution is 0.0412. The lowest BCUT2D eigenvalue weighted by Gasteiger charge is -2.25. The normalized spacial score (nSPS) is 19.2. The first-order valence-electron chi connectivity index (χ1n) is 9.07. The van der Waals surface area contributed by atoms with Gasteiger partial charge in [0.1, 0.15) is 12.2 Å². The SMILES string of the molecule is COc1cc(C(=O)N2CC[C@@](O)(c3ccccc3C)C2)ccc1OCCN. The van der Waals surface area contributed by atoms with Gasteiger partial charge in [0.2, 0.25) is 0 Å². The molecule has 0 aromatic heterocycles. The van der Waals surface area contributed by atoms with Gasteiger partial charge >= 0.3 is 0 Å². The zero-order valence-corrected chi connectivity index (χ0v) is 15.8. The Kier molecular flexibility index (Phi) is 5.68. The number of amides is 1. The molecule has 1 aliphatic heterocycles. The molecule has 3 N–H and O–H groups in total. The summed E-state index contributed by atoms with van der Waals surface area (Å²) in [4.78, 5) is 14.6. The number of nitrogens with two attached hydrogens (primary N) is 1. The van der Waals surface area contributed by atoms with Gasteiger partial charge in [-0.1, -0.05) is 24.3 Å². The number of methoxy groups -OCH3 is 1. The molecule has 2 aromatic rings. The summed E-state index contributed by atoms with van der Waals surface area (Å²) in [5.41, 5.74) is 6.85. The molecule has 0 radical (unpaired) electrons. The van der Waals surface area contributed by atoms with Crippen LogP contribution in [0.3, 0.4) is 0 Å². The Hall–Kier alpha value is -2.57. The third kappa shape index (κ3) is 3.91. The van der Waals surface area contributed by atoms with Gasteiger partial charge in [0.25, 0.3) is 5.91 Å². The van der Waals surface area contributed by atoms with Crippen LogP contribution >= 0.6 is 0 Å². The van der Waals surface area contributed by atoms with Gasteiger partial charge in [0.15, 0.2) is 11.5 Å². The van der Waals surface area contributed by atoms with Crippen LogP contribution in [0.15, 0.2) is 42.5 Å². The van der Waals surface area contributed by atoms with Gasteiger partial charge in [-0.05, 0) is 42.7 Å². The van der Waals surface area contributed by atoms with Gasteiger partial charge in [0.05, 0.1) is 13.7 Å². The number of ether oxygens (including phenoxy) is 2. The number of carbonyl (C=O) groups excluding carboxylic acids is 1. The first kappa shape index (κ1) is 19.2. The van der Waals surface area contributed by atoms with E-state index in [2.05, 4.69) is 0 Å². The number of nitrogens with zero attached hydrogens (tertiary/aromatic N) is 1. The van der Waals surface area contributed by atoms with Crippen LogP contribution in [0, 0.1) is 6.92 Å². The number of aliphatic hydroxyl groups is 1. The highest BCUT2D eigenvalue weighted by molar-refractivity contribution is 5.95. The van der Waals surface area contributed by atoms with E-state index in [1.807, 2.05) is 31.2 Å².